The van der Waals surface area contributed by atoms with Crippen LogP contribution in [0, 0.1) is 16.7 Å². The third kappa shape index (κ3) is 2.18. The van der Waals surface area contributed by atoms with Crippen molar-refractivity contribution in [3.05, 3.63) is 102 Å². The number of fused-ring (bicyclic) bond motifs is 5. The number of benzene rings is 3. The summed E-state index contributed by atoms with van der Waals surface area (Å²) < 4.78 is 0. The molecule has 168 valence electrons. The molecule has 34 heavy (non-hydrogen) atoms. The number of halogens is 1. The highest BCUT2D eigenvalue weighted by Gasteiger charge is 2.86. The molecule has 1 saturated heterocycles. The number of ketones is 1. The number of allylic oxidation sites excluding steroid dienone is 2. The summed E-state index contributed by atoms with van der Waals surface area (Å²) in [6.07, 6.45) is 0. The van der Waals surface area contributed by atoms with E-state index in [-0.39, 0.29) is 5.78 Å². The van der Waals surface area contributed by atoms with Crippen molar-refractivity contribution in [1.82, 2.24) is 0 Å². The highest BCUT2D eigenvalue weighted by molar-refractivity contribution is 6.52. The largest absolute Gasteiger partial charge is 0.298 e. The van der Waals surface area contributed by atoms with Crippen molar-refractivity contribution in [2.24, 2.45) is 16.7 Å². The molecule has 2 fully saturated rings. The molecular formula is C29H22ClNO3. The Morgan fingerprint density at radius 3 is 1.71 bits per heavy atom. The predicted octanol–water partition coefficient (Wildman–Crippen LogP) is 5.37. The maximum Gasteiger partial charge on any atom is 0.257 e. The first kappa shape index (κ1) is 21.1. The van der Waals surface area contributed by atoms with Gasteiger partial charge in [-0.2, -0.15) is 0 Å². The van der Waals surface area contributed by atoms with E-state index in [1.807, 2.05) is 66.7 Å². The van der Waals surface area contributed by atoms with Gasteiger partial charge in [-0.1, -0.05) is 78.9 Å². The lowest BCUT2D eigenvalue weighted by Crippen LogP contribution is -2.51. The standard InChI is InChI=1S/C29H22ClNO3/c1-27-21(18-12-6-3-7-13-18)22(19-14-8-4-9-15-19)28(2,25(27)33)29(30)23(27)24(32)31(26(29)34)20-16-10-5-11-17-20/h3-17,23H,1-2H3. The van der Waals surface area contributed by atoms with Crippen molar-refractivity contribution in [2.45, 2.75) is 18.7 Å². The zero-order valence-electron chi connectivity index (χ0n) is 18.8. The Morgan fingerprint density at radius 2 is 1.18 bits per heavy atom. The predicted molar refractivity (Wildman–Crippen MR) is 132 cm³/mol. The van der Waals surface area contributed by atoms with Crippen molar-refractivity contribution >= 4 is 46.0 Å². The van der Waals surface area contributed by atoms with Crippen LogP contribution in [0.1, 0.15) is 25.0 Å². The molecule has 0 spiro atoms. The van der Waals surface area contributed by atoms with Crippen LogP contribution < -0.4 is 4.90 Å². The lowest BCUT2D eigenvalue weighted by Gasteiger charge is -2.41. The van der Waals surface area contributed by atoms with Crippen molar-refractivity contribution in [1.29, 1.82) is 0 Å². The van der Waals surface area contributed by atoms with E-state index in [9.17, 15) is 14.4 Å². The van der Waals surface area contributed by atoms with Gasteiger partial charge in [0.1, 0.15) is 0 Å². The summed E-state index contributed by atoms with van der Waals surface area (Å²) in [5, 5.41) is 0. The summed E-state index contributed by atoms with van der Waals surface area (Å²) in [5.74, 6) is -2.14. The van der Waals surface area contributed by atoms with Gasteiger partial charge in [-0.15, -0.1) is 11.6 Å². The Morgan fingerprint density at radius 1 is 0.706 bits per heavy atom. The second-order valence-corrected chi connectivity index (χ2v) is 10.2. The number of para-hydroxylation sites is 1. The fraction of sp³-hybridized carbons (Fsp3) is 0.207. The quantitative estimate of drug-likeness (QED) is 0.384. The number of hydrogen-bond acceptors (Lipinski definition) is 3. The van der Waals surface area contributed by atoms with E-state index in [0.29, 0.717) is 5.69 Å². The van der Waals surface area contributed by atoms with Gasteiger partial charge in [0.2, 0.25) is 5.91 Å². The Balaban J connectivity index is 1.68. The van der Waals surface area contributed by atoms with Crippen LogP contribution in [0.2, 0.25) is 0 Å². The summed E-state index contributed by atoms with van der Waals surface area (Å²) in [6, 6.07) is 28.1. The number of amides is 2. The van der Waals surface area contributed by atoms with Crippen LogP contribution in [0.5, 0.6) is 0 Å². The van der Waals surface area contributed by atoms with E-state index in [1.165, 1.54) is 4.90 Å². The van der Waals surface area contributed by atoms with Crippen molar-refractivity contribution in [3.63, 3.8) is 0 Å². The Labute approximate surface area is 202 Å². The minimum absolute atomic E-state index is 0.174. The van der Waals surface area contributed by atoms with Crippen molar-refractivity contribution < 1.29 is 14.4 Å². The molecule has 3 aromatic carbocycles. The van der Waals surface area contributed by atoms with E-state index in [4.69, 9.17) is 11.6 Å². The molecule has 1 aliphatic heterocycles. The number of imide groups is 1. The maximum absolute atomic E-state index is 14.3. The molecule has 2 aliphatic carbocycles. The first-order valence-electron chi connectivity index (χ1n) is 11.3. The SMILES string of the molecule is CC12C(=O)C(C)(C(c3ccccc3)=C1c1ccccc1)C1(Cl)C(=O)N(c3ccccc3)C(=O)C21. The smallest absolute Gasteiger partial charge is 0.257 e. The average molecular weight is 468 g/mol. The molecule has 4 unspecified atom stereocenters. The summed E-state index contributed by atoms with van der Waals surface area (Å²) in [6.45, 7) is 3.54. The van der Waals surface area contributed by atoms with E-state index in [2.05, 4.69) is 0 Å². The third-order valence-corrected chi connectivity index (χ3v) is 8.78. The van der Waals surface area contributed by atoms with Crippen LogP contribution in [0.4, 0.5) is 5.69 Å². The van der Waals surface area contributed by atoms with Crippen LogP contribution in [0.15, 0.2) is 91.0 Å². The van der Waals surface area contributed by atoms with Crippen LogP contribution in [-0.2, 0) is 14.4 Å². The minimum atomic E-state index is -1.71. The fourth-order valence-corrected chi connectivity index (χ4v) is 7.20. The lowest BCUT2D eigenvalue weighted by atomic mass is 9.62. The first-order valence-corrected chi connectivity index (χ1v) is 11.7. The fourth-order valence-electron chi connectivity index (χ4n) is 6.62. The number of carbonyl (C=O) groups excluding carboxylic acids is 3. The molecular weight excluding hydrogens is 446 g/mol. The van der Waals surface area contributed by atoms with Gasteiger partial charge < -0.3 is 0 Å². The molecule has 1 heterocycles. The van der Waals surface area contributed by atoms with Gasteiger partial charge in [-0.25, -0.2) is 4.90 Å². The highest BCUT2D eigenvalue weighted by atomic mass is 35.5. The number of carbonyl (C=O) groups is 3. The topological polar surface area (TPSA) is 54.5 Å². The third-order valence-electron chi connectivity index (χ3n) is 8.02. The zero-order valence-corrected chi connectivity index (χ0v) is 19.5. The second kappa shape index (κ2) is 6.77. The molecule has 3 aliphatic rings. The first-order chi connectivity index (χ1) is 16.3. The van der Waals surface area contributed by atoms with Gasteiger partial charge in [0.05, 0.1) is 22.4 Å². The Kier molecular flexibility index (Phi) is 4.19. The van der Waals surface area contributed by atoms with E-state index < -0.39 is 33.4 Å². The molecule has 1 saturated carbocycles. The van der Waals surface area contributed by atoms with E-state index >= 15 is 0 Å². The Bertz CT molecular complexity index is 1400. The van der Waals surface area contributed by atoms with Crippen LogP contribution in [0.3, 0.4) is 0 Å². The molecule has 5 heteroatoms. The van der Waals surface area contributed by atoms with Gasteiger partial charge in [0.15, 0.2) is 10.7 Å². The molecule has 0 aromatic heterocycles. The molecule has 6 rings (SSSR count). The van der Waals surface area contributed by atoms with E-state index in [1.54, 1.807) is 38.1 Å². The van der Waals surface area contributed by atoms with Crippen LogP contribution >= 0.6 is 11.6 Å². The molecule has 0 radical (unpaired) electrons. The normalized spacial score (nSPS) is 32.0. The summed E-state index contributed by atoms with van der Waals surface area (Å²) >= 11 is 7.31. The van der Waals surface area contributed by atoms with Gasteiger partial charge in [0.25, 0.3) is 5.91 Å². The van der Waals surface area contributed by atoms with Gasteiger partial charge in [-0.3, -0.25) is 14.4 Å². The monoisotopic (exact) mass is 467 g/mol. The average Bonchev–Trinajstić information content (AvgIpc) is 3.25. The molecule has 4 nitrogen and oxygen atoms in total. The summed E-state index contributed by atoms with van der Waals surface area (Å²) in [4.78, 5) is 41.7. The van der Waals surface area contributed by atoms with Gasteiger partial charge >= 0.3 is 0 Å². The molecule has 0 N–H and O–H groups in total. The Hall–Kier alpha value is -3.50. The highest BCUT2D eigenvalue weighted by Crippen LogP contribution is 2.76. The molecule has 3 aromatic rings. The number of anilines is 1. The van der Waals surface area contributed by atoms with E-state index in [0.717, 1.165) is 22.3 Å². The van der Waals surface area contributed by atoms with Gasteiger partial charge in [0, 0.05) is 0 Å². The number of rotatable bonds is 3. The minimum Gasteiger partial charge on any atom is -0.298 e. The summed E-state index contributed by atoms with van der Waals surface area (Å²) in [7, 11) is 0. The number of Topliss-reactive ketones (excluding diaryl/α,β-unsaturated/α-hetero) is 1. The van der Waals surface area contributed by atoms with Gasteiger partial charge in [-0.05, 0) is 48.3 Å². The lowest BCUT2D eigenvalue weighted by molar-refractivity contribution is -0.133. The van der Waals surface area contributed by atoms with Crippen LogP contribution in [0.25, 0.3) is 11.1 Å². The van der Waals surface area contributed by atoms with Crippen molar-refractivity contribution in [2.75, 3.05) is 4.90 Å². The second-order valence-electron chi connectivity index (χ2n) is 9.60. The molecule has 2 amide bonds. The van der Waals surface area contributed by atoms with Crippen LogP contribution in [-0.4, -0.2) is 22.5 Å². The number of nitrogens with zero attached hydrogens (tertiary/aromatic N) is 1. The molecule has 4 atom stereocenters. The number of hydrogen-bond donors (Lipinski definition) is 0. The van der Waals surface area contributed by atoms with Crippen molar-refractivity contribution in [3.8, 4) is 0 Å². The zero-order chi connectivity index (χ0) is 23.9. The summed E-state index contributed by atoms with van der Waals surface area (Å²) in [5.41, 5.74) is 1.04. The molecule has 2 bridgehead atoms. The number of alkyl halides is 1. The maximum atomic E-state index is 14.3.